The van der Waals surface area contributed by atoms with E-state index in [1.54, 1.807) is 0 Å². The van der Waals surface area contributed by atoms with Crippen LogP contribution >= 0.6 is 0 Å². The van der Waals surface area contributed by atoms with Crippen molar-refractivity contribution in [1.29, 1.82) is 0 Å². The average Bonchev–Trinajstić information content (AvgIpc) is 2.77. The van der Waals surface area contributed by atoms with Gasteiger partial charge in [-0.25, -0.2) is 0 Å². The lowest BCUT2D eigenvalue weighted by atomic mass is 10.1. The summed E-state index contributed by atoms with van der Waals surface area (Å²) in [4.78, 5) is 11.5. The Morgan fingerprint density at radius 3 is 2.38 bits per heavy atom. The summed E-state index contributed by atoms with van der Waals surface area (Å²) in [7, 11) is -1.23. The SMILES string of the molecule is CCCCC(=O)[C@@H]1O[C@H]1[Si](C)(C)C. The lowest BCUT2D eigenvalue weighted by Gasteiger charge is -2.10. The van der Waals surface area contributed by atoms with Gasteiger partial charge in [-0.15, -0.1) is 0 Å². The van der Waals surface area contributed by atoms with Crippen molar-refractivity contribution in [1.82, 2.24) is 0 Å². The number of Topliss-reactive ketones (excluding diaryl/α,β-unsaturated/α-hetero) is 1. The number of carbonyl (C=O) groups is 1. The number of hydrogen-bond acceptors (Lipinski definition) is 2. The van der Waals surface area contributed by atoms with E-state index in [1.807, 2.05) is 0 Å². The van der Waals surface area contributed by atoms with Crippen LogP contribution in [0.4, 0.5) is 0 Å². The van der Waals surface area contributed by atoms with Crippen LogP contribution in [-0.4, -0.2) is 25.7 Å². The van der Waals surface area contributed by atoms with E-state index in [4.69, 9.17) is 4.74 Å². The largest absolute Gasteiger partial charge is 0.365 e. The Morgan fingerprint density at radius 1 is 1.38 bits per heavy atom. The van der Waals surface area contributed by atoms with Gasteiger partial charge in [0.05, 0.1) is 13.8 Å². The molecule has 1 saturated heterocycles. The summed E-state index contributed by atoms with van der Waals surface area (Å²) in [6, 6.07) is 0. The molecule has 1 fully saturated rings. The van der Waals surface area contributed by atoms with Crippen LogP contribution < -0.4 is 0 Å². The maximum absolute atomic E-state index is 11.5. The van der Waals surface area contributed by atoms with Gasteiger partial charge in [-0.2, -0.15) is 0 Å². The van der Waals surface area contributed by atoms with Gasteiger partial charge in [0.1, 0.15) is 6.10 Å². The minimum absolute atomic E-state index is 0.0294. The molecule has 1 rings (SSSR count). The van der Waals surface area contributed by atoms with E-state index >= 15 is 0 Å². The molecule has 2 atom stereocenters. The van der Waals surface area contributed by atoms with Crippen molar-refractivity contribution in [3.05, 3.63) is 0 Å². The van der Waals surface area contributed by atoms with Crippen molar-refractivity contribution in [2.24, 2.45) is 0 Å². The van der Waals surface area contributed by atoms with Crippen molar-refractivity contribution in [3.8, 4) is 0 Å². The standard InChI is InChI=1S/C10H20O2Si/c1-5-6-7-8(11)9-10(12-9)13(2,3)4/h9-10H,5-7H2,1-4H3/t9-,10-/m0/s1. The number of ketones is 1. The van der Waals surface area contributed by atoms with Gasteiger partial charge in [-0.05, 0) is 6.42 Å². The smallest absolute Gasteiger partial charge is 0.163 e. The quantitative estimate of drug-likeness (QED) is 0.504. The van der Waals surface area contributed by atoms with Gasteiger partial charge in [-0.1, -0.05) is 33.0 Å². The molecular formula is C10H20O2Si. The molecule has 0 unspecified atom stereocenters. The Hall–Kier alpha value is -0.153. The molecular weight excluding hydrogens is 180 g/mol. The molecule has 0 N–H and O–H groups in total. The Morgan fingerprint density at radius 2 is 2.00 bits per heavy atom. The molecule has 1 aliphatic heterocycles. The fourth-order valence-corrected chi connectivity index (χ4v) is 3.16. The van der Waals surface area contributed by atoms with Gasteiger partial charge in [0, 0.05) is 6.42 Å². The molecule has 3 heteroatoms. The first kappa shape index (κ1) is 10.9. The van der Waals surface area contributed by atoms with Gasteiger partial charge in [0.15, 0.2) is 5.78 Å². The molecule has 0 aromatic heterocycles. The Balaban J connectivity index is 2.30. The second-order valence-electron chi connectivity index (χ2n) is 4.91. The van der Waals surface area contributed by atoms with Crippen LogP contribution in [0.1, 0.15) is 26.2 Å². The highest BCUT2D eigenvalue weighted by Gasteiger charge is 2.51. The first-order chi connectivity index (χ1) is 5.96. The molecule has 1 heterocycles. The van der Waals surface area contributed by atoms with Crippen LogP contribution in [0.3, 0.4) is 0 Å². The first-order valence-electron chi connectivity index (χ1n) is 5.15. The van der Waals surface area contributed by atoms with E-state index in [0.717, 1.165) is 12.8 Å². The van der Waals surface area contributed by atoms with E-state index in [1.165, 1.54) is 0 Å². The molecule has 1 aliphatic rings. The molecule has 0 bridgehead atoms. The second kappa shape index (κ2) is 3.92. The maximum Gasteiger partial charge on any atom is 0.163 e. The Labute approximate surface area is 81.7 Å². The summed E-state index contributed by atoms with van der Waals surface area (Å²) in [5.41, 5.74) is 0.303. The van der Waals surface area contributed by atoms with E-state index in [-0.39, 0.29) is 6.10 Å². The average molecular weight is 200 g/mol. The molecule has 0 spiro atoms. The van der Waals surface area contributed by atoms with E-state index in [2.05, 4.69) is 26.6 Å². The minimum Gasteiger partial charge on any atom is -0.365 e. The van der Waals surface area contributed by atoms with Crippen LogP contribution in [0.2, 0.25) is 19.6 Å². The van der Waals surface area contributed by atoms with Crippen molar-refractivity contribution in [3.63, 3.8) is 0 Å². The molecule has 0 saturated carbocycles. The first-order valence-corrected chi connectivity index (χ1v) is 8.72. The highest BCUT2D eigenvalue weighted by atomic mass is 28.3. The van der Waals surface area contributed by atoms with Crippen LogP contribution in [0.25, 0.3) is 0 Å². The van der Waals surface area contributed by atoms with Crippen molar-refractivity contribution < 1.29 is 9.53 Å². The summed E-state index contributed by atoms with van der Waals surface area (Å²) < 4.78 is 5.45. The monoisotopic (exact) mass is 200 g/mol. The molecule has 76 valence electrons. The predicted molar refractivity (Wildman–Crippen MR) is 56.5 cm³/mol. The minimum atomic E-state index is -1.23. The van der Waals surface area contributed by atoms with Crippen LogP contribution in [0, 0.1) is 0 Å². The van der Waals surface area contributed by atoms with E-state index in [9.17, 15) is 4.79 Å². The van der Waals surface area contributed by atoms with E-state index < -0.39 is 8.07 Å². The summed E-state index contributed by atoms with van der Waals surface area (Å²) in [5, 5.41) is 0. The Bertz CT molecular complexity index is 196. The summed E-state index contributed by atoms with van der Waals surface area (Å²) in [5.74, 6) is 0.328. The van der Waals surface area contributed by atoms with Gasteiger partial charge in [-0.3, -0.25) is 4.79 Å². The van der Waals surface area contributed by atoms with Crippen molar-refractivity contribution in [2.75, 3.05) is 0 Å². The molecule has 13 heavy (non-hydrogen) atoms. The van der Waals surface area contributed by atoms with Crippen molar-refractivity contribution >= 4 is 13.9 Å². The number of epoxide rings is 1. The molecule has 0 aromatic rings. The highest BCUT2D eigenvalue weighted by Crippen LogP contribution is 2.32. The van der Waals surface area contributed by atoms with Gasteiger partial charge in [0.25, 0.3) is 0 Å². The third-order valence-corrected chi connectivity index (χ3v) is 4.59. The third-order valence-electron chi connectivity index (χ3n) is 2.44. The fraction of sp³-hybridized carbons (Fsp3) is 0.900. The number of carbonyl (C=O) groups excluding carboxylic acids is 1. The number of rotatable bonds is 5. The Kier molecular flexibility index (Phi) is 3.30. The molecule has 2 nitrogen and oxygen atoms in total. The van der Waals surface area contributed by atoms with Gasteiger partial charge >= 0.3 is 0 Å². The zero-order valence-corrected chi connectivity index (χ0v) is 10.1. The predicted octanol–water partition coefficient (Wildman–Crippen LogP) is 2.39. The van der Waals surface area contributed by atoms with Gasteiger partial charge in [0.2, 0.25) is 0 Å². The molecule has 0 aliphatic carbocycles. The zero-order chi connectivity index (χ0) is 10.1. The summed E-state index contributed by atoms with van der Waals surface area (Å²) >= 11 is 0. The molecule has 0 aromatic carbocycles. The van der Waals surface area contributed by atoms with Crippen LogP contribution in [-0.2, 0) is 9.53 Å². The third kappa shape index (κ3) is 2.92. The summed E-state index contributed by atoms with van der Waals surface area (Å²) in [6.07, 6.45) is 2.79. The topological polar surface area (TPSA) is 29.6 Å². The number of ether oxygens (including phenoxy) is 1. The lowest BCUT2D eigenvalue weighted by molar-refractivity contribution is -0.120. The number of hydrogen-bond donors (Lipinski definition) is 0. The zero-order valence-electron chi connectivity index (χ0n) is 9.09. The van der Waals surface area contributed by atoms with Gasteiger partial charge < -0.3 is 4.74 Å². The normalized spacial score (nSPS) is 27.4. The molecule has 0 radical (unpaired) electrons. The second-order valence-corrected chi connectivity index (χ2v) is 10.2. The number of unbranched alkanes of at least 4 members (excludes halogenated alkanes) is 1. The summed E-state index contributed by atoms with van der Waals surface area (Å²) in [6.45, 7) is 8.87. The lowest BCUT2D eigenvalue weighted by Crippen LogP contribution is -2.32. The van der Waals surface area contributed by atoms with Crippen LogP contribution in [0.5, 0.6) is 0 Å². The highest BCUT2D eigenvalue weighted by molar-refractivity contribution is 6.78. The van der Waals surface area contributed by atoms with Crippen LogP contribution in [0.15, 0.2) is 0 Å². The maximum atomic E-state index is 11.5. The van der Waals surface area contributed by atoms with E-state index in [0.29, 0.717) is 17.9 Å². The fourth-order valence-electron chi connectivity index (χ4n) is 1.51. The van der Waals surface area contributed by atoms with Crippen molar-refractivity contribution in [2.45, 2.75) is 57.7 Å². The molecule has 0 amide bonds.